The van der Waals surface area contributed by atoms with Crippen LogP contribution in [-0.2, 0) is 9.53 Å². The molecule has 0 saturated heterocycles. The molecule has 0 bridgehead atoms. The maximum Gasteiger partial charge on any atom is 0.315 e. The van der Waals surface area contributed by atoms with Crippen LogP contribution in [0.5, 0.6) is 5.75 Å². The van der Waals surface area contributed by atoms with Crippen molar-refractivity contribution in [3.63, 3.8) is 0 Å². The van der Waals surface area contributed by atoms with Gasteiger partial charge in [0.15, 0.2) is 0 Å². The highest BCUT2D eigenvalue weighted by Gasteiger charge is 2.32. The number of hydrogen-bond acceptors (Lipinski definition) is 5. The van der Waals surface area contributed by atoms with E-state index in [0.717, 1.165) is 30.1 Å². The van der Waals surface area contributed by atoms with Crippen LogP contribution >= 0.6 is 0 Å². The Morgan fingerprint density at radius 3 is 2.81 bits per heavy atom. The SMILES string of the molecule is C=CCN(C)CC=CCOc1ccc2c(c1)C(C(=O)OC(C)(C)C)CN2. The molecule has 1 unspecified atom stereocenters. The zero-order valence-electron chi connectivity index (χ0n) is 16.2. The molecule has 1 atom stereocenters. The Labute approximate surface area is 156 Å². The fourth-order valence-corrected chi connectivity index (χ4v) is 2.75. The molecule has 1 aliphatic rings. The minimum Gasteiger partial charge on any atom is -0.490 e. The van der Waals surface area contributed by atoms with Crippen molar-refractivity contribution < 1.29 is 14.3 Å². The van der Waals surface area contributed by atoms with E-state index in [4.69, 9.17) is 9.47 Å². The molecule has 142 valence electrons. The lowest BCUT2D eigenvalue weighted by Gasteiger charge is -2.22. The zero-order valence-corrected chi connectivity index (χ0v) is 16.2. The molecule has 0 aliphatic carbocycles. The van der Waals surface area contributed by atoms with Gasteiger partial charge in [-0.3, -0.25) is 9.69 Å². The standard InChI is InChI=1S/C21H30N2O3/c1-6-11-23(5)12-7-8-13-25-16-9-10-19-17(14-16)18(15-22-19)20(24)26-21(2,3)4/h6-10,14,18,22H,1,11-13,15H2,2-5H3. The van der Waals surface area contributed by atoms with Crippen molar-refractivity contribution in [2.45, 2.75) is 32.3 Å². The van der Waals surface area contributed by atoms with Crippen LogP contribution in [0.1, 0.15) is 32.3 Å². The van der Waals surface area contributed by atoms with Gasteiger partial charge in [-0.05, 0) is 51.6 Å². The number of hydrogen-bond donors (Lipinski definition) is 1. The largest absolute Gasteiger partial charge is 0.490 e. The van der Waals surface area contributed by atoms with Gasteiger partial charge in [-0.1, -0.05) is 18.2 Å². The van der Waals surface area contributed by atoms with Crippen LogP contribution in [0.4, 0.5) is 5.69 Å². The summed E-state index contributed by atoms with van der Waals surface area (Å²) in [5.41, 5.74) is 1.42. The minimum absolute atomic E-state index is 0.203. The summed E-state index contributed by atoms with van der Waals surface area (Å²) in [4.78, 5) is 14.6. The number of nitrogens with zero attached hydrogens (tertiary/aromatic N) is 1. The van der Waals surface area contributed by atoms with Gasteiger partial charge in [0.1, 0.15) is 23.9 Å². The average Bonchev–Trinajstić information content (AvgIpc) is 2.96. The van der Waals surface area contributed by atoms with E-state index in [1.807, 2.05) is 58.2 Å². The number of nitrogens with one attached hydrogen (secondary N) is 1. The Bertz CT molecular complexity index is 662. The topological polar surface area (TPSA) is 50.8 Å². The van der Waals surface area contributed by atoms with Crippen LogP contribution in [-0.4, -0.2) is 49.8 Å². The third-order valence-corrected chi connectivity index (χ3v) is 3.96. The Balaban J connectivity index is 1.93. The quantitative estimate of drug-likeness (QED) is 0.568. The van der Waals surface area contributed by atoms with Crippen molar-refractivity contribution in [3.05, 3.63) is 48.6 Å². The molecule has 0 saturated carbocycles. The number of anilines is 1. The first-order valence-electron chi connectivity index (χ1n) is 8.98. The summed E-state index contributed by atoms with van der Waals surface area (Å²) in [7, 11) is 2.04. The predicted octanol–water partition coefficient (Wildman–Crippen LogP) is 3.59. The molecule has 1 N–H and O–H groups in total. The van der Waals surface area contributed by atoms with E-state index >= 15 is 0 Å². The lowest BCUT2D eigenvalue weighted by molar-refractivity contribution is -0.156. The highest BCUT2D eigenvalue weighted by atomic mass is 16.6. The van der Waals surface area contributed by atoms with Gasteiger partial charge >= 0.3 is 5.97 Å². The summed E-state index contributed by atoms with van der Waals surface area (Å²) in [6.45, 7) is 12.1. The van der Waals surface area contributed by atoms with Crippen LogP contribution in [0.2, 0.25) is 0 Å². The van der Waals surface area contributed by atoms with E-state index in [9.17, 15) is 4.79 Å². The van der Waals surface area contributed by atoms with E-state index in [1.165, 1.54) is 0 Å². The van der Waals surface area contributed by atoms with Crippen molar-refractivity contribution >= 4 is 11.7 Å². The number of esters is 1. The highest BCUT2D eigenvalue weighted by Crippen LogP contribution is 2.35. The molecule has 0 fully saturated rings. The van der Waals surface area contributed by atoms with Crippen LogP contribution in [0.25, 0.3) is 0 Å². The van der Waals surface area contributed by atoms with Gasteiger partial charge in [-0.15, -0.1) is 6.58 Å². The highest BCUT2D eigenvalue weighted by molar-refractivity contribution is 5.84. The maximum absolute atomic E-state index is 12.4. The van der Waals surface area contributed by atoms with Crippen LogP contribution < -0.4 is 10.1 Å². The number of fused-ring (bicyclic) bond motifs is 1. The predicted molar refractivity (Wildman–Crippen MR) is 106 cm³/mol. The van der Waals surface area contributed by atoms with Gasteiger partial charge in [-0.25, -0.2) is 0 Å². The fourth-order valence-electron chi connectivity index (χ4n) is 2.75. The summed E-state index contributed by atoms with van der Waals surface area (Å²) in [6.07, 6.45) is 5.95. The lowest BCUT2D eigenvalue weighted by atomic mass is 10.0. The Morgan fingerprint density at radius 2 is 2.12 bits per heavy atom. The van der Waals surface area contributed by atoms with Crippen LogP contribution in [0, 0.1) is 0 Å². The summed E-state index contributed by atoms with van der Waals surface area (Å²) < 4.78 is 11.3. The molecule has 26 heavy (non-hydrogen) atoms. The van der Waals surface area contributed by atoms with E-state index in [2.05, 4.69) is 22.9 Å². The Hall–Kier alpha value is -2.27. The molecule has 0 amide bonds. The van der Waals surface area contributed by atoms with Crippen LogP contribution in [0.15, 0.2) is 43.0 Å². The number of ether oxygens (including phenoxy) is 2. The van der Waals surface area contributed by atoms with E-state index < -0.39 is 5.60 Å². The Morgan fingerprint density at radius 1 is 1.35 bits per heavy atom. The number of rotatable bonds is 8. The van der Waals surface area contributed by atoms with E-state index in [0.29, 0.717) is 13.2 Å². The van der Waals surface area contributed by atoms with Crippen LogP contribution in [0.3, 0.4) is 0 Å². The first-order valence-corrected chi connectivity index (χ1v) is 8.98. The molecule has 5 heteroatoms. The third kappa shape index (κ3) is 5.92. The maximum atomic E-state index is 12.4. The van der Waals surface area contributed by atoms with Gasteiger partial charge in [0.05, 0.1) is 0 Å². The summed E-state index contributed by atoms with van der Waals surface area (Å²) >= 11 is 0. The molecule has 1 aromatic carbocycles. The number of benzene rings is 1. The first kappa shape index (κ1) is 20.0. The van der Waals surface area contributed by atoms with E-state index in [1.54, 1.807) is 0 Å². The molecule has 0 aromatic heterocycles. The second-order valence-corrected chi connectivity index (χ2v) is 7.51. The van der Waals surface area contributed by atoms with Crippen molar-refractivity contribution in [2.24, 2.45) is 0 Å². The molecule has 2 rings (SSSR count). The third-order valence-electron chi connectivity index (χ3n) is 3.96. The van der Waals surface area contributed by atoms with Crippen molar-refractivity contribution in [1.29, 1.82) is 0 Å². The monoisotopic (exact) mass is 358 g/mol. The normalized spacial score (nSPS) is 16.4. The van der Waals surface area contributed by atoms with E-state index in [-0.39, 0.29) is 11.9 Å². The second-order valence-electron chi connectivity index (χ2n) is 7.51. The number of carbonyl (C=O) groups excluding carboxylic acids is 1. The van der Waals surface area contributed by atoms with Gasteiger partial charge < -0.3 is 14.8 Å². The zero-order chi connectivity index (χ0) is 19.2. The van der Waals surface area contributed by atoms with Gasteiger partial charge in [0.25, 0.3) is 0 Å². The fraction of sp³-hybridized carbons (Fsp3) is 0.476. The molecule has 1 heterocycles. The Kier molecular flexibility index (Phi) is 6.86. The smallest absolute Gasteiger partial charge is 0.315 e. The number of likely N-dealkylation sites (N-methyl/N-ethyl adjacent to an activating group) is 1. The van der Waals surface area contributed by atoms with Gasteiger partial charge in [0, 0.05) is 25.3 Å². The first-order chi connectivity index (χ1) is 12.3. The molecule has 1 aliphatic heterocycles. The molecule has 5 nitrogen and oxygen atoms in total. The van der Waals surface area contributed by atoms with Gasteiger partial charge in [0.2, 0.25) is 0 Å². The molecule has 1 aromatic rings. The van der Waals surface area contributed by atoms with Crippen molar-refractivity contribution in [3.8, 4) is 5.75 Å². The summed E-state index contributed by atoms with van der Waals surface area (Å²) in [6, 6.07) is 5.80. The van der Waals surface area contributed by atoms with Crippen molar-refractivity contribution in [2.75, 3.05) is 38.6 Å². The molecule has 0 radical (unpaired) electrons. The second kappa shape index (κ2) is 8.90. The summed E-state index contributed by atoms with van der Waals surface area (Å²) in [5.74, 6) is 0.257. The lowest BCUT2D eigenvalue weighted by Crippen LogP contribution is -2.28. The average molecular weight is 358 g/mol. The van der Waals surface area contributed by atoms with Gasteiger partial charge in [-0.2, -0.15) is 0 Å². The van der Waals surface area contributed by atoms with Crippen molar-refractivity contribution in [1.82, 2.24) is 4.90 Å². The molecular formula is C21H30N2O3. The summed E-state index contributed by atoms with van der Waals surface area (Å²) in [5, 5.41) is 3.26. The molecule has 0 spiro atoms. The minimum atomic E-state index is -0.489. The molecular weight excluding hydrogens is 328 g/mol. The number of carbonyl (C=O) groups is 1.